The Labute approximate surface area is 119 Å². The summed E-state index contributed by atoms with van der Waals surface area (Å²) in [4.78, 5) is 26.8. The number of nitrogens with one attached hydrogen (secondary N) is 2. The lowest BCUT2D eigenvalue weighted by molar-refractivity contribution is -0.120. The van der Waals surface area contributed by atoms with Gasteiger partial charge in [-0.1, -0.05) is 12.1 Å². The number of thiophene rings is 1. The molecule has 0 aliphatic heterocycles. The number of H-pyrrole nitrogens is 1. The van der Waals surface area contributed by atoms with Gasteiger partial charge in [-0.15, -0.1) is 28.1 Å². The highest BCUT2D eigenvalue weighted by Crippen LogP contribution is 2.18. The van der Waals surface area contributed by atoms with Crippen LogP contribution in [-0.2, 0) is 11.2 Å². The quantitative estimate of drug-likeness (QED) is 0.781. The molecule has 2 aromatic rings. The Morgan fingerprint density at radius 3 is 3.00 bits per heavy atom. The van der Waals surface area contributed by atoms with Gasteiger partial charge in [0.25, 0.3) is 5.56 Å². The van der Waals surface area contributed by atoms with Crippen LogP contribution >= 0.6 is 11.3 Å². The van der Waals surface area contributed by atoms with Crippen LogP contribution in [0, 0.1) is 0 Å². The summed E-state index contributed by atoms with van der Waals surface area (Å²) in [5.41, 5.74) is -0.0426. The lowest BCUT2D eigenvalue weighted by Crippen LogP contribution is -2.25. The molecule has 0 saturated carbocycles. The number of aromatic amines is 1. The Kier molecular flexibility index (Phi) is 4.78. The maximum Gasteiger partial charge on any atom is 0.273 e. The maximum absolute atomic E-state index is 11.9. The van der Waals surface area contributed by atoms with Crippen molar-refractivity contribution < 1.29 is 4.79 Å². The summed E-state index contributed by atoms with van der Waals surface area (Å²) < 4.78 is 0. The van der Waals surface area contributed by atoms with E-state index in [1.165, 1.54) is 11.3 Å². The summed E-state index contributed by atoms with van der Waals surface area (Å²) in [7, 11) is 0. The maximum atomic E-state index is 11.9. The molecule has 0 aliphatic rings. The van der Waals surface area contributed by atoms with E-state index in [2.05, 4.69) is 27.1 Å². The van der Waals surface area contributed by atoms with Gasteiger partial charge in [-0.05, 0) is 11.4 Å². The minimum Gasteiger partial charge on any atom is -0.353 e. The normalized spacial score (nSPS) is 10.2. The number of aromatic nitrogens is 3. The van der Waals surface area contributed by atoms with E-state index < -0.39 is 0 Å². The number of rotatable bonds is 6. The van der Waals surface area contributed by atoms with Crippen molar-refractivity contribution in [3.8, 4) is 10.7 Å². The summed E-state index contributed by atoms with van der Waals surface area (Å²) in [5, 5.41) is 12.4. The molecule has 2 rings (SSSR count). The second-order valence-corrected chi connectivity index (χ2v) is 4.97. The van der Waals surface area contributed by atoms with E-state index >= 15 is 0 Å². The number of aryl methyl sites for hydroxylation is 1. The van der Waals surface area contributed by atoms with E-state index in [9.17, 15) is 9.59 Å². The van der Waals surface area contributed by atoms with Gasteiger partial charge in [0, 0.05) is 19.4 Å². The molecule has 0 aromatic carbocycles. The minimum absolute atomic E-state index is 0.145. The van der Waals surface area contributed by atoms with E-state index in [0.29, 0.717) is 12.4 Å². The van der Waals surface area contributed by atoms with Crippen LogP contribution in [-0.4, -0.2) is 27.6 Å². The molecule has 0 atom stereocenters. The fourth-order valence-electron chi connectivity index (χ4n) is 1.55. The largest absolute Gasteiger partial charge is 0.353 e. The molecule has 6 nitrogen and oxygen atoms in total. The van der Waals surface area contributed by atoms with Crippen LogP contribution in [0.1, 0.15) is 12.1 Å². The second kappa shape index (κ2) is 6.76. The third-order valence-electron chi connectivity index (χ3n) is 2.55. The summed E-state index contributed by atoms with van der Waals surface area (Å²) in [6, 6.07) is 3.73. The van der Waals surface area contributed by atoms with Crippen LogP contribution in [0.5, 0.6) is 0 Å². The zero-order valence-electron chi connectivity index (χ0n) is 10.8. The lowest BCUT2D eigenvalue weighted by atomic mass is 10.2. The molecule has 1 amide bonds. The molecule has 2 N–H and O–H groups in total. The molecule has 0 unspecified atom stereocenters. The van der Waals surface area contributed by atoms with Crippen LogP contribution in [0.3, 0.4) is 0 Å². The Balaban J connectivity index is 2.02. The highest BCUT2D eigenvalue weighted by atomic mass is 32.1. The number of hydrogen-bond acceptors (Lipinski definition) is 5. The molecular weight excluding hydrogens is 276 g/mol. The van der Waals surface area contributed by atoms with Gasteiger partial charge in [0.15, 0.2) is 5.82 Å². The highest BCUT2D eigenvalue weighted by Gasteiger charge is 2.09. The summed E-state index contributed by atoms with van der Waals surface area (Å²) >= 11 is 1.47. The minimum atomic E-state index is -0.306. The van der Waals surface area contributed by atoms with Crippen molar-refractivity contribution in [3.05, 3.63) is 46.2 Å². The van der Waals surface area contributed by atoms with Crippen molar-refractivity contribution in [2.75, 3.05) is 6.54 Å². The van der Waals surface area contributed by atoms with Crippen molar-refractivity contribution in [1.82, 2.24) is 20.5 Å². The first kappa shape index (κ1) is 14.1. The van der Waals surface area contributed by atoms with Gasteiger partial charge in [-0.2, -0.15) is 0 Å². The fraction of sp³-hybridized carbons (Fsp3) is 0.231. The van der Waals surface area contributed by atoms with E-state index in [0.717, 1.165) is 4.88 Å². The van der Waals surface area contributed by atoms with Gasteiger partial charge in [0.05, 0.1) is 4.88 Å². The van der Waals surface area contributed by atoms with Crippen molar-refractivity contribution in [3.63, 3.8) is 0 Å². The molecule has 104 valence electrons. The Morgan fingerprint density at radius 1 is 1.50 bits per heavy atom. The van der Waals surface area contributed by atoms with E-state index in [1.807, 2.05) is 17.5 Å². The zero-order valence-corrected chi connectivity index (χ0v) is 11.6. The topological polar surface area (TPSA) is 87.7 Å². The number of nitrogens with zero attached hydrogens (tertiary/aromatic N) is 2. The predicted octanol–water partition coefficient (Wildman–Crippen LogP) is 1.13. The van der Waals surface area contributed by atoms with Crippen molar-refractivity contribution in [2.45, 2.75) is 12.8 Å². The second-order valence-electron chi connectivity index (χ2n) is 4.02. The molecule has 7 heteroatoms. The number of carbonyl (C=O) groups is 1. The number of amides is 1. The molecule has 2 heterocycles. The van der Waals surface area contributed by atoms with Gasteiger partial charge < -0.3 is 10.3 Å². The first-order chi connectivity index (χ1) is 9.70. The van der Waals surface area contributed by atoms with Crippen LogP contribution < -0.4 is 10.9 Å². The van der Waals surface area contributed by atoms with Crippen LogP contribution in [0.15, 0.2) is 35.0 Å². The van der Waals surface area contributed by atoms with Crippen molar-refractivity contribution >= 4 is 17.2 Å². The molecule has 0 spiro atoms. The Morgan fingerprint density at radius 2 is 2.35 bits per heavy atom. The third-order valence-corrected chi connectivity index (χ3v) is 3.43. The smallest absolute Gasteiger partial charge is 0.273 e. The van der Waals surface area contributed by atoms with Crippen LogP contribution in [0.4, 0.5) is 0 Å². The molecule has 2 aromatic heterocycles. The summed E-state index contributed by atoms with van der Waals surface area (Å²) in [6.07, 6.45) is 2.06. The molecule has 0 radical (unpaired) electrons. The lowest BCUT2D eigenvalue weighted by Gasteiger charge is -2.02. The van der Waals surface area contributed by atoms with Crippen LogP contribution in [0.25, 0.3) is 10.7 Å². The van der Waals surface area contributed by atoms with Gasteiger partial charge in [-0.25, -0.2) is 0 Å². The van der Waals surface area contributed by atoms with Gasteiger partial charge >= 0.3 is 0 Å². The molecule has 0 fully saturated rings. The molecule has 0 aliphatic carbocycles. The van der Waals surface area contributed by atoms with Crippen molar-refractivity contribution in [2.24, 2.45) is 0 Å². The molecular formula is C13H14N4O2S. The fourth-order valence-corrected chi connectivity index (χ4v) is 2.22. The standard InChI is InChI=1S/C13H14N4O2S/c1-2-7-14-11(18)6-5-9-13(19)15-12(17-16-9)10-4-3-8-20-10/h2-4,8H,1,5-7H2,(H,14,18)(H,15,17,19). The van der Waals surface area contributed by atoms with Crippen molar-refractivity contribution in [1.29, 1.82) is 0 Å². The monoisotopic (exact) mass is 290 g/mol. The highest BCUT2D eigenvalue weighted by molar-refractivity contribution is 7.13. The average molecular weight is 290 g/mol. The molecule has 20 heavy (non-hydrogen) atoms. The predicted molar refractivity (Wildman–Crippen MR) is 77.5 cm³/mol. The summed E-state index contributed by atoms with van der Waals surface area (Å²) in [6.45, 7) is 3.92. The average Bonchev–Trinajstić information content (AvgIpc) is 2.97. The van der Waals surface area contributed by atoms with Crippen LogP contribution in [0.2, 0.25) is 0 Å². The zero-order chi connectivity index (χ0) is 14.4. The first-order valence-electron chi connectivity index (χ1n) is 6.08. The number of hydrogen-bond donors (Lipinski definition) is 2. The number of carbonyl (C=O) groups excluding carboxylic acids is 1. The molecule has 0 bridgehead atoms. The van der Waals surface area contributed by atoms with Gasteiger partial charge in [-0.3, -0.25) is 9.59 Å². The van der Waals surface area contributed by atoms with E-state index in [4.69, 9.17) is 0 Å². The Hall–Kier alpha value is -2.28. The summed E-state index contributed by atoms with van der Waals surface area (Å²) in [5.74, 6) is 0.304. The molecule has 0 saturated heterocycles. The first-order valence-corrected chi connectivity index (χ1v) is 6.96. The van der Waals surface area contributed by atoms with E-state index in [1.54, 1.807) is 6.08 Å². The van der Waals surface area contributed by atoms with E-state index in [-0.39, 0.29) is 30.0 Å². The third kappa shape index (κ3) is 3.61. The Bertz CT molecular complexity index is 649. The van der Waals surface area contributed by atoms with Gasteiger partial charge in [0.2, 0.25) is 5.91 Å². The SMILES string of the molecule is C=CCNC(=O)CCc1nnc(-c2cccs2)[nH]c1=O. The van der Waals surface area contributed by atoms with Gasteiger partial charge in [0.1, 0.15) is 5.69 Å².